The van der Waals surface area contributed by atoms with E-state index in [4.69, 9.17) is 0 Å². The van der Waals surface area contributed by atoms with Gasteiger partial charge in [0.05, 0.1) is 19.1 Å². The number of esters is 2. The van der Waals surface area contributed by atoms with Crippen molar-refractivity contribution in [1.29, 1.82) is 0 Å². The van der Waals surface area contributed by atoms with Gasteiger partial charge in [-0.15, -0.1) is 0 Å². The molecule has 7 heteroatoms. The second-order valence-electron chi connectivity index (χ2n) is 4.16. The summed E-state index contributed by atoms with van der Waals surface area (Å²) in [7, 11) is 2.36. The summed E-state index contributed by atoms with van der Waals surface area (Å²) >= 11 is 0. The third kappa shape index (κ3) is 3.31. The van der Waals surface area contributed by atoms with Gasteiger partial charge in [0.1, 0.15) is 0 Å². The molecule has 0 aliphatic rings. The summed E-state index contributed by atoms with van der Waals surface area (Å²) in [6, 6.07) is 5.64. The first-order valence-corrected chi connectivity index (χ1v) is 5.82. The average Bonchev–Trinajstić information content (AvgIpc) is 2.46. The Morgan fingerprint density at radius 3 is 1.90 bits per heavy atom. The van der Waals surface area contributed by atoms with E-state index in [1.165, 1.54) is 38.5 Å². The molecule has 1 unspecified atom stereocenters. The number of non-ortho nitro benzene ring substituents is 1. The Morgan fingerprint density at radius 2 is 1.55 bits per heavy atom. The molecule has 0 amide bonds. The number of benzene rings is 1. The fraction of sp³-hybridized carbons (Fsp3) is 0.385. The first-order valence-electron chi connectivity index (χ1n) is 5.82. The van der Waals surface area contributed by atoms with E-state index in [0.29, 0.717) is 5.56 Å². The minimum atomic E-state index is -1.11. The summed E-state index contributed by atoms with van der Waals surface area (Å²) < 4.78 is 9.18. The molecule has 1 aromatic rings. The zero-order valence-corrected chi connectivity index (χ0v) is 11.4. The van der Waals surface area contributed by atoms with Gasteiger partial charge < -0.3 is 9.47 Å². The molecule has 0 aliphatic carbocycles. The smallest absolute Gasteiger partial charge is 0.320 e. The first kappa shape index (κ1) is 15.6. The van der Waals surface area contributed by atoms with Crippen LogP contribution >= 0.6 is 0 Å². The third-order valence-electron chi connectivity index (χ3n) is 3.04. The van der Waals surface area contributed by atoms with Crippen molar-refractivity contribution in [3.8, 4) is 0 Å². The Labute approximate surface area is 115 Å². The molecule has 0 saturated heterocycles. The van der Waals surface area contributed by atoms with Crippen LogP contribution in [0.25, 0.3) is 0 Å². The van der Waals surface area contributed by atoms with Crippen molar-refractivity contribution in [1.82, 2.24) is 0 Å². The van der Waals surface area contributed by atoms with E-state index in [1.54, 1.807) is 6.92 Å². The molecule has 0 bridgehead atoms. The Kier molecular flexibility index (Phi) is 5.19. The van der Waals surface area contributed by atoms with Crippen LogP contribution in [-0.4, -0.2) is 31.1 Å². The van der Waals surface area contributed by atoms with Gasteiger partial charge in [-0.05, 0) is 5.56 Å². The Balaban J connectivity index is 3.05. The predicted molar refractivity (Wildman–Crippen MR) is 69.0 cm³/mol. The standard InChI is InChI=1S/C13H15NO6/c1-8(11(12(15)19-2)13(16)20-3)9-4-6-10(7-5-9)14(17)18/h4-8,11H,1-3H3. The number of hydrogen-bond donors (Lipinski definition) is 0. The average molecular weight is 281 g/mol. The lowest BCUT2D eigenvalue weighted by Gasteiger charge is -2.19. The lowest BCUT2D eigenvalue weighted by molar-refractivity contribution is -0.384. The number of rotatable bonds is 5. The van der Waals surface area contributed by atoms with E-state index in [1.807, 2.05) is 0 Å². The summed E-state index contributed by atoms with van der Waals surface area (Å²) in [5, 5.41) is 10.6. The highest BCUT2D eigenvalue weighted by molar-refractivity contribution is 5.95. The third-order valence-corrected chi connectivity index (χ3v) is 3.04. The second kappa shape index (κ2) is 6.65. The van der Waals surface area contributed by atoms with Crippen molar-refractivity contribution >= 4 is 17.6 Å². The van der Waals surface area contributed by atoms with Gasteiger partial charge in [0, 0.05) is 18.1 Å². The molecule has 0 radical (unpaired) electrons. The molecule has 108 valence electrons. The van der Waals surface area contributed by atoms with Crippen LogP contribution in [0.15, 0.2) is 24.3 Å². The summed E-state index contributed by atoms with van der Waals surface area (Å²) in [6.45, 7) is 1.65. The molecule has 0 saturated carbocycles. The molecular weight excluding hydrogens is 266 g/mol. The van der Waals surface area contributed by atoms with E-state index in [0.717, 1.165) is 0 Å². The summed E-state index contributed by atoms with van der Waals surface area (Å²) in [5.41, 5.74) is 0.546. The molecule has 0 aliphatic heterocycles. The minimum absolute atomic E-state index is 0.0614. The number of nitro benzene ring substituents is 1. The van der Waals surface area contributed by atoms with Gasteiger partial charge in [0.15, 0.2) is 5.92 Å². The van der Waals surface area contributed by atoms with E-state index < -0.39 is 28.7 Å². The Hall–Kier alpha value is -2.44. The van der Waals surface area contributed by atoms with Gasteiger partial charge in [-0.3, -0.25) is 19.7 Å². The van der Waals surface area contributed by atoms with Gasteiger partial charge >= 0.3 is 11.9 Å². The number of carbonyl (C=O) groups excluding carboxylic acids is 2. The van der Waals surface area contributed by atoms with Crippen molar-refractivity contribution in [2.45, 2.75) is 12.8 Å². The maximum absolute atomic E-state index is 11.7. The molecule has 0 N–H and O–H groups in total. The molecule has 20 heavy (non-hydrogen) atoms. The fourth-order valence-corrected chi connectivity index (χ4v) is 1.85. The van der Waals surface area contributed by atoms with Crippen LogP contribution in [0.3, 0.4) is 0 Å². The number of ether oxygens (including phenoxy) is 2. The van der Waals surface area contributed by atoms with Crippen molar-refractivity contribution in [2.75, 3.05) is 14.2 Å². The van der Waals surface area contributed by atoms with E-state index in [-0.39, 0.29) is 5.69 Å². The first-order chi connectivity index (χ1) is 9.42. The Morgan fingerprint density at radius 1 is 1.10 bits per heavy atom. The van der Waals surface area contributed by atoms with Crippen LogP contribution in [0.2, 0.25) is 0 Å². The highest BCUT2D eigenvalue weighted by Gasteiger charge is 2.35. The zero-order chi connectivity index (χ0) is 15.3. The van der Waals surface area contributed by atoms with Gasteiger partial charge in [-0.25, -0.2) is 0 Å². The topological polar surface area (TPSA) is 95.7 Å². The molecule has 1 rings (SSSR count). The summed E-state index contributed by atoms with van der Waals surface area (Å²) in [4.78, 5) is 33.4. The van der Waals surface area contributed by atoms with Crippen molar-refractivity contribution in [3.05, 3.63) is 39.9 Å². The monoisotopic (exact) mass is 281 g/mol. The van der Waals surface area contributed by atoms with Crippen LogP contribution in [0.5, 0.6) is 0 Å². The number of carbonyl (C=O) groups is 2. The normalized spacial score (nSPS) is 11.8. The molecule has 0 fully saturated rings. The highest BCUT2D eigenvalue weighted by Crippen LogP contribution is 2.27. The number of nitro groups is 1. The fourth-order valence-electron chi connectivity index (χ4n) is 1.85. The van der Waals surface area contributed by atoms with Gasteiger partial charge in [0.25, 0.3) is 5.69 Å². The van der Waals surface area contributed by atoms with Crippen LogP contribution in [0.1, 0.15) is 18.4 Å². The highest BCUT2D eigenvalue weighted by atomic mass is 16.6. The van der Waals surface area contributed by atoms with E-state index in [2.05, 4.69) is 9.47 Å². The van der Waals surface area contributed by atoms with Crippen molar-refractivity contribution < 1.29 is 24.0 Å². The quantitative estimate of drug-likeness (QED) is 0.352. The lowest BCUT2D eigenvalue weighted by Crippen LogP contribution is -2.31. The predicted octanol–water partition coefficient (Wildman–Crippen LogP) is 1.66. The maximum atomic E-state index is 11.7. The molecule has 1 atom stereocenters. The van der Waals surface area contributed by atoms with Crippen LogP contribution < -0.4 is 0 Å². The Bertz CT molecular complexity index is 494. The van der Waals surface area contributed by atoms with E-state index >= 15 is 0 Å². The summed E-state index contributed by atoms with van der Waals surface area (Å²) in [6.07, 6.45) is 0. The zero-order valence-electron chi connectivity index (χ0n) is 11.4. The number of nitrogens with zero attached hydrogens (tertiary/aromatic N) is 1. The second-order valence-corrected chi connectivity index (χ2v) is 4.16. The van der Waals surface area contributed by atoms with Crippen LogP contribution in [-0.2, 0) is 19.1 Å². The SMILES string of the molecule is COC(=O)C(C(=O)OC)C(C)c1ccc([N+](=O)[O-])cc1. The lowest BCUT2D eigenvalue weighted by atomic mass is 9.87. The number of methoxy groups -OCH3 is 2. The van der Waals surface area contributed by atoms with Gasteiger partial charge in [-0.2, -0.15) is 0 Å². The maximum Gasteiger partial charge on any atom is 0.320 e. The number of hydrogen-bond acceptors (Lipinski definition) is 6. The molecule has 1 aromatic carbocycles. The van der Waals surface area contributed by atoms with Gasteiger partial charge in [0.2, 0.25) is 0 Å². The minimum Gasteiger partial charge on any atom is -0.468 e. The molecule has 0 aromatic heterocycles. The molecule has 0 spiro atoms. The molecular formula is C13H15NO6. The molecule has 7 nitrogen and oxygen atoms in total. The molecule has 0 heterocycles. The van der Waals surface area contributed by atoms with Gasteiger partial charge in [-0.1, -0.05) is 19.1 Å². The van der Waals surface area contributed by atoms with Crippen molar-refractivity contribution in [3.63, 3.8) is 0 Å². The van der Waals surface area contributed by atoms with Crippen molar-refractivity contribution in [2.24, 2.45) is 5.92 Å². The van der Waals surface area contributed by atoms with Crippen LogP contribution in [0.4, 0.5) is 5.69 Å². The summed E-state index contributed by atoms with van der Waals surface area (Å²) in [5.74, 6) is -3.03. The largest absolute Gasteiger partial charge is 0.468 e. The van der Waals surface area contributed by atoms with E-state index in [9.17, 15) is 19.7 Å². The van der Waals surface area contributed by atoms with Crippen LogP contribution in [0, 0.1) is 16.0 Å².